The van der Waals surface area contributed by atoms with Gasteiger partial charge in [0, 0.05) is 13.1 Å². The van der Waals surface area contributed by atoms with E-state index in [1.165, 1.54) is 0 Å². The lowest BCUT2D eigenvalue weighted by Crippen LogP contribution is -2.54. The third-order valence-electron chi connectivity index (χ3n) is 4.72. The van der Waals surface area contributed by atoms with E-state index >= 15 is 0 Å². The van der Waals surface area contributed by atoms with Crippen LogP contribution in [0.5, 0.6) is 0 Å². The number of hydrogen-bond donors (Lipinski definition) is 2. The molecule has 2 N–H and O–H groups in total. The average Bonchev–Trinajstić information content (AvgIpc) is 2.85. The molecule has 2 rings (SSSR count). The molecule has 1 amide bonds. The molecule has 2 saturated heterocycles. The Kier molecular flexibility index (Phi) is 4.13. The number of carbonyl (C=O) groups excluding carboxylic acids is 1. The van der Waals surface area contributed by atoms with E-state index < -0.39 is 17.4 Å². The van der Waals surface area contributed by atoms with Gasteiger partial charge in [-0.3, -0.25) is 4.79 Å². The third kappa shape index (κ3) is 2.76. The quantitative estimate of drug-likeness (QED) is 0.804. The molecule has 2 aliphatic heterocycles. The standard InChI is InChI=1S/C14H24N2O3/c1-3-10-4-7-16(11(8-10)12(17)18)13(19)14(2)5-6-15-9-14/h10-11,15H,3-9H2,1-2H3,(H,17,18). The van der Waals surface area contributed by atoms with Crippen molar-refractivity contribution in [2.75, 3.05) is 19.6 Å². The van der Waals surface area contributed by atoms with Gasteiger partial charge < -0.3 is 15.3 Å². The van der Waals surface area contributed by atoms with Gasteiger partial charge in [-0.15, -0.1) is 0 Å². The largest absolute Gasteiger partial charge is 0.480 e. The van der Waals surface area contributed by atoms with Crippen molar-refractivity contribution in [3.63, 3.8) is 0 Å². The number of aliphatic carboxylic acids is 1. The number of hydrogen-bond acceptors (Lipinski definition) is 3. The Hall–Kier alpha value is -1.10. The maximum Gasteiger partial charge on any atom is 0.326 e. The fourth-order valence-electron chi connectivity index (χ4n) is 3.23. The molecule has 3 unspecified atom stereocenters. The molecule has 0 aromatic rings. The van der Waals surface area contributed by atoms with E-state index in [4.69, 9.17) is 0 Å². The number of carbonyl (C=O) groups is 2. The molecule has 2 aliphatic rings. The normalized spacial score (nSPS) is 35.4. The molecule has 0 saturated carbocycles. The van der Waals surface area contributed by atoms with E-state index in [-0.39, 0.29) is 5.91 Å². The molecule has 19 heavy (non-hydrogen) atoms. The number of nitrogens with one attached hydrogen (secondary N) is 1. The molecule has 2 heterocycles. The SMILES string of the molecule is CCC1CCN(C(=O)C2(C)CCNC2)C(C(=O)O)C1. The summed E-state index contributed by atoms with van der Waals surface area (Å²) >= 11 is 0. The molecule has 5 heteroatoms. The van der Waals surface area contributed by atoms with Gasteiger partial charge in [0.1, 0.15) is 6.04 Å². The maximum atomic E-state index is 12.7. The van der Waals surface area contributed by atoms with Gasteiger partial charge in [0.2, 0.25) is 5.91 Å². The molecule has 0 radical (unpaired) electrons. The van der Waals surface area contributed by atoms with Crippen LogP contribution in [0.15, 0.2) is 0 Å². The van der Waals surface area contributed by atoms with Crippen LogP contribution in [0, 0.1) is 11.3 Å². The highest BCUT2D eigenvalue weighted by molar-refractivity contribution is 5.88. The summed E-state index contributed by atoms with van der Waals surface area (Å²) in [5, 5.41) is 12.6. The van der Waals surface area contributed by atoms with E-state index in [9.17, 15) is 14.7 Å². The van der Waals surface area contributed by atoms with Crippen LogP contribution >= 0.6 is 0 Å². The Labute approximate surface area is 114 Å². The van der Waals surface area contributed by atoms with Crippen LogP contribution < -0.4 is 5.32 Å². The van der Waals surface area contributed by atoms with Gasteiger partial charge in [-0.1, -0.05) is 13.3 Å². The third-order valence-corrected chi connectivity index (χ3v) is 4.72. The highest BCUT2D eigenvalue weighted by Gasteiger charge is 2.44. The minimum Gasteiger partial charge on any atom is -0.480 e. The first-order valence-corrected chi connectivity index (χ1v) is 7.22. The molecular formula is C14H24N2O3. The first-order chi connectivity index (χ1) is 8.98. The number of likely N-dealkylation sites (tertiary alicyclic amines) is 1. The van der Waals surface area contributed by atoms with E-state index in [0.29, 0.717) is 25.4 Å². The molecule has 0 aromatic carbocycles. The van der Waals surface area contributed by atoms with Crippen molar-refractivity contribution in [1.29, 1.82) is 0 Å². The Morgan fingerprint density at radius 2 is 2.21 bits per heavy atom. The van der Waals surface area contributed by atoms with Gasteiger partial charge in [-0.2, -0.15) is 0 Å². The predicted octanol–water partition coefficient (Wildman–Crippen LogP) is 1.09. The van der Waals surface area contributed by atoms with Gasteiger partial charge in [-0.25, -0.2) is 4.79 Å². The van der Waals surface area contributed by atoms with Gasteiger partial charge in [-0.05, 0) is 38.6 Å². The van der Waals surface area contributed by atoms with E-state index in [0.717, 1.165) is 25.8 Å². The summed E-state index contributed by atoms with van der Waals surface area (Å²) in [6.45, 7) is 6.12. The van der Waals surface area contributed by atoms with Crippen molar-refractivity contribution in [2.24, 2.45) is 11.3 Å². The molecule has 0 aromatic heterocycles. The van der Waals surface area contributed by atoms with Gasteiger partial charge in [0.05, 0.1) is 5.41 Å². The van der Waals surface area contributed by atoms with Crippen LogP contribution in [-0.4, -0.2) is 47.6 Å². The van der Waals surface area contributed by atoms with Crippen molar-refractivity contribution >= 4 is 11.9 Å². The minimum atomic E-state index is -0.860. The summed E-state index contributed by atoms with van der Waals surface area (Å²) in [5.41, 5.74) is -0.424. The van der Waals surface area contributed by atoms with Crippen molar-refractivity contribution in [2.45, 2.75) is 45.6 Å². The first kappa shape index (κ1) is 14.3. The smallest absolute Gasteiger partial charge is 0.326 e. The van der Waals surface area contributed by atoms with Crippen molar-refractivity contribution < 1.29 is 14.7 Å². The number of piperidine rings is 1. The summed E-state index contributed by atoms with van der Waals surface area (Å²) in [5.74, 6) is -0.417. The molecule has 0 aliphatic carbocycles. The molecule has 5 nitrogen and oxygen atoms in total. The zero-order valence-electron chi connectivity index (χ0n) is 11.8. The average molecular weight is 268 g/mol. The van der Waals surface area contributed by atoms with Crippen LogP contribution in [-0.2, 0) is 9.59 Å². The molecule has 0 bridgehead atoms. The van der Waals surface area contributed by atoms with Crippen molar-refractivity contribution in [3.05, 3.63) is 0 Å². The maximum absolute atomic E-state index is 12.7. The summed E-state index contributed by atoms with van der Waals surface area (Å²) < 4.78 is 0. The Morgan fingerprint density at radius 1 is 1.47 bits per heavy atom. The topological polar surface area (TPSA) is 69.6 Å². The van der Waals surface area contributed by atoms with Crippen LogP contribution in [0.2, 0.25) is 0 Å². The number of carboxylic acids is 1. The van der Waals surface area contributed by atoms with E-state index in [2.05, 4.69) is 12.2 Å². The van der Waals surface area contributed by atoms with E-state index in [1.807, 2.05) is 6.92 Å². The van der Waals surface area contributed by atoms with E-state index in [1.54, 1.807) is 4.90 Å². The summed E-state index contributed by atoms with van der Waals surface area (Å²) in [7, 11) is 0. The van der Waals surface area contributed by atoms with Crippen LogP contribution in [0.1, 0.15) is 39.5 Å². The number of amides is 1. The molecular weight excluding hydrogens is 244 g/mol. The summed E-state index contributed by atoms with van der Waals surface area (Å²) in [6, 6.07) is -0.636. The zero-order valence-corrected chi connectivity index (χ0v) is 11.8. The zero-order chi connectivity index (χ0) is 14.0. The highest BCUT2D eigenvalue weighted by atomic mass is 16.4. The second-order valence-corrected chi connectivity index (χ2v) is 6.14. The van der Waals surface area contributed by atoms with Crippen LogP contribution in [0.25, 0.3) is 0 Å². The van der Waals surface area contributed by atoms with Crippen LogP contribution in [0.4, 0.5) is 0 Å². The van der Waals surface area contributed by atoms with Crippen LogP contribution in [0.3, 0.4) is 0 Å². The second-order valence-electron chi connectivity index (χ2n) is 6.14. The Morgan fingerprint density at radius 3 is 2.74 bits per heavy atom. The molecule has 2 fully saturated rings. The molecule has 0 spiro atoms. The number of rotatable bonds is 3. The molecule has 108 valence electrons. The summed E-state index contributed by atoms with van der Waals surface area (Å²) in [4.78, 5) is 25.7. The van der Waals surface area contributed by atoms with Crippen molar-refractivity contribution in [1.82, 2.24) is 10.2 Å². The lowest BCUT2D eigenvalue weighted by molar-refractivity contribution is -0.157. The summed E-state index contributed by atoms with van der Waals surface area (Å²) in [6.07, 6.45) is 3.31. The van der Waals surface area contributed by atoms with Crippen molar-refractivity contribution in [3.8, 4) is 0 Å². The Balaban J connectivity index is 2.13. The Bertz CT molecular complexity index is 364. The fraction of sp³-hybridized carbons (Fsp3) is 0.857. The van der Waals surface area contributed by atoms with Gasteiger partial charge >= 0.3 is 5.97 Å². The van der Waals surface area contributed by atoms with Gasteiger partial charge in [0.25, 0.3) is 0 Å². The first-order valence-electron chi connectivity index (χ1n) is 7.22. The number of nitrogens with zero attached hydrogens (tertiary/aromatic N) is 1. The van der Waals surface area contributed by atoms with Gasteiger partial charge in [0.15, 0.2) is 0 Å². The monoisotopic (exact) mass is 268 g/mol. The lowest BCUT2D eigenvalue weighted by Gasteiger charge is -2.40. The lowest BCUT2D eigenvalue weighted by atomic mass is 9.83. The predicted molar refractivity (Wildman–Crippen MR) is 71.7 cm³/mol. The minimum absolute atomic E-state index is 0.0134. The second kappa shape index (κ2) is 5.49. The number of carboxylic acid groups (broad SMARTS) is 1. The highest BCUT2D eigenvalue weighted by Crippen LogP contribution is 2.32. The fourth-order valence-corrected chi connectivity index (χ4v) is 3.23. The molecule has 3 atom stereocenters.